The van der Waals surface area contributed by atoms with Crippen molar-refractivity contribution in [3.63, 3.8) is 0 Å². The van der Waals surface area contributed by atoms with Crippen molar-refractivity contribution in [2.75, 3.05) is 38.2 Å². The summed E-state index contributed by atoms with van der Waals surface area (Å²) in [5, 5.41) is 2.22. The second-order valence-electron chi connectivity index (χ2n) is 6.39. The third-order valence-electron chi connectivity index (χ3n) is 4.73. The van der Waals surface area contributed by atoms with E-state index in [1.165, 1.54) is 0 Å². The highest BCUT2D eigenvalue weighted by Gasteiger charge is 2.31. The quantitative estimate of drug-likeness (QED) is 0.840. The number of nitrogens with zero attached hydrogens (tertiary/aromatic N) is 2. The lowest BCUT2D eigenvalue weighted by Gasteiger charge is -2.39. The zero-order valence-electron chi connectivity index (χ0n) is 15.3. The second-order valence-corrected chi connectivity index (χ2v) is 6.39. The topological polar surface area (TPSA) is 87.9 Å². The van der Waals surface area contributed by atoms with Crippen LogP contribution in [0.1, 0.15) is 11.6 Å². The number of nitrogens with one attached hydrogen (secondary N) is 1. The number of methoxy groups -OCH3 is 1. The predicted molar refractivity (Wildman–Crippen MR) is 104 cm³/mol. The summed E-state index contributed by atoms with van der Waals surface area (Å²) in [6, 6.07) is 16.0. The molecule has 0 aromatic heterocycles. The Morgan fingerprint density at radius 3 is 2.19 bits per heavy atom. The minimum atomic E-state index is -0.835. The van der Waals surface area contributed by atoms with Gasteiger partial charge >= 0.3 is 6.03 Å². The van der Waals surface area contributed by atoms with Crippen molar-refractivity contribution in [1.29, 1.82) is 0 Å². The normalized spacial score (nSPS) is 15.8. The highest BCUT2D eigenvalue weighted by molar-refractivity contribution is 5.96. The maximum absolute atomic E-state index is 12.6. The summed E-state index contributed by atoms with van der Waals surface area (Å²) < 4.78 is 5.20. The maximum atomic E-state index is 12.6. The molecule has 1 aliphatic rings. The zero-order chi connectivity index (χ0) is 19.2. The molecule has 2 aromatic carbocycles. The van der Waals surface area contributed by atoms with E-state index in [-0.39, 0.29) is 0 Å². The standard InChI is InChI=1S/C20H24N4O3/c1-27-17-9-7-16(8-10-17)23-11-13-24(14-12-23)18(19(25)22-20(21)26)15-5-3-2-4-6-15/h2-10,18H,11-14H2,1H3,(H3,21,22,25,26)/t18-/m0/s1. The van der Waals surface area contributed by atoms with Crippen molar-refractivity contribution in [2.24, 2.45) is 5.73 Å². The lowest BCUT2D eigenvalue weighted by Crippen LogP contribution is -2.52. The Labute approximate surface area is 158 Å². The van der Waals surface area contributed by atoms with Gasteiger partial charge in [-0.2, -0.15) is 0 Å². The SMILES string of the molecule is COc1ccc(N2CCN([C@H](C(=O)NC(N)=O)c3ccccc3)CC2)cc1. The number of carbonyl (C=O) groups is 2. The lowest BCUT2D eigenvalue weighted by molar-refractivity contribution is -0.125. The van der Waals surface area contributed by atoms with Crippen molar-refractivity contribution >= 4 is 17.6 Å². The molecule has 3 rings (SSSR count). The first-order valence-electron chi connectivity index (χ1n) is 8.87. The molecule has 1 heterocycles. The Balaban J connectivity index is 1.71. The Morgan fingerprint density at radius 1 is 1.00 bits per heavy atom. The third kappa shape index (κ3) is 4.57. The minimum absolute atomic E-state index is 0.397. The van der Waals surface area contributed by atoms with Crippen molar-refractivity contribution in [3.05, 3.63) is 60.2 Å². The van der Waals surface area contributed by atoms with Gasteiger partial charge in [0, 0.05) is 31.9 Å². The van der Waals surface area contributed by atoms with E-state index in [1.54, 1.807) is 7.11 Å². The zero-order valence-corrected chi connectivity index (χ0v) is 15.3. The number of carbonyl (C=O) groups excluding carboxylic acids is 2. The molecule has 7 heteroatoms. The average molecular weight is 368 g/mol. The number of amides is 3. The number of ether oxygens (including phenoxy) is 1. The fourth-order valence-corrected chi connectivity index (χ4v) is 3.38. The van der Waals surface area contributed by atoms with E-state index in [1.807, 2.05) is 54.6 Å². The third-order valence-corrected chi connectivity index (χ3v) is 4.73. The summed E-state index contributed by atoms with van der Waals surface area (Å²) >= 11 is 0. The smallest absolute Gasteiger partial charge is 0.318 e. The second kappa shape index (κ2) is 8.55. The van der Waals surface area contributed by atoms with Gasteiger partial charge in [-0.1, -0.05) is 30.3 Å². The van der Waals surface area contributed by atoms with Crippen LogP contribution in [-0.4, -0.2) is 50.1 Å². The molecule has 0 bridgehead atoms. The summed E-state index contributed by atoms with van der Waals surface area (Å²) in [5.74, 6) is 0.427. The molecule has 142 valence electrons. The van der Waals surface area contributed by atoms with Gasteiger partial charge in [0.25, 0.3) is 0 Å². The molecule has 0 spiro atoms. The van der Waals surface area contributed by atoms with Crippen LogP contribution in [0.5, 0.6) is 5.75 Å². The largest absolute Gasteiger partial charge is 0.497 e. The predicted octanol–water partition coefficient (Wildman–Crippen LogP) is 1.75. The number of urea groups is 1. The van der Waals surface area contributed by atoms with Crippen LogP contribution < -0.4 is 20.7 Å². The van der Waals surface area contributed by atoms with Gasteiger partial charge in [-0.15, -0.1) is 0 Å². The number of rotatable bonds is 5. The van der Waals surface area contributed by atoms with E-state index in [2.05, 4.69) is 15.1 Å². The van der Waals surface area contributed by atoms with E-state index >= 15 is 0 Å². The minimum Gasteiger partial charge on any atom is -0.497 e. The molecule has 1 fully saturated rings. The molecule has 1 atom stereocenters. The van der Waals surface area contributed by atoms with Crippen LogP contribution in [0.3, 0.4) is 0 Å². The Hall–Kier alpha value is -3.06. The number of primary amides is 1. The molecule has 7 nitrogen and oxygen atoms in total. The van der Waals surface area contributed by atoms with Crippen LogP contribution in [-0.2, 0) is 4.79 Å². The fraction of sp³-hybridized carbons (Fsp3) is 0.300. The molecule has 2 aromatic rings. The molecular weight excluding hydrogens is 344 g/mol. The number of hydrogen-bond donors (Lipinski definition) is 2. The number of benzene rings is 2. The first-order valence-corrected chi connectivity index (χ1v) is 8.87. The van der Waals surface area contributed by atoms with E-state index in [0.717, 1.165) is 30.1 Å². The highest BCUT2D eigenvalue weighted by Crippen LogP contribution is 2.25. The van der Waals surface area contributed by atoms with Crippen LogP contribution in [0.4, 0.5) is 10.5 Å². The molecule has 1 saturated heterocycles. The summed E-state index contributed by atoms with van der Waals surface area (Å²) in [6.07, 6.45) is 0. The average Bonchev–Trinajstić information content (AvgIpc) is 2.69. The molecule has 0 saturated carbocycles. The van der Waals surface area contributed by atoms with Gasteiger partial charge < -0.3 is 15.4 Å². The Morgan fingerprint density at radius 2 is 1.63 bits per heavy atom. The molecule has 0 aliphatic carbocycles. The van der Waals surface area contributed by atoms with Crippen LogP contribution >= 0.6 is 0 Å². The van der Waals surface area contributed by atoms with Crippen molar-refractivity contribution in [1.82, 2.24) is 10.2 Å². The van der Waals surface area contributed by atoms with Gasteiger partial charge in [0.2, 0.25) is 5.91 Å². The monoisotopic (exact) mass is 368 g/mol. The Kier molecular flexibility index (Phi) is 5.93. The maximum Gasteiger partial charge on any atom is 0.318 e. The van der Waals surface area contributed by atoms with Gasteiger partial charge in [0.15, 0.2) is 0 Å². The van der Waals surface area contributed by atoms with Crippen LogP contribution in [0.15, 0.2) is 54.6 Å². The lowest BCUT2D eigenvalue weighted by atomic mass is 10.0. The fourth-order valence-electron chi connectivity index (χ4n) is 3.38. The van der Waals surface area contributed by atoms with E-state index in [0.29, 0.717) is 13.1 Å². The molecule has 0 radical (unpaired) electrons. The number of nitrogens with two attached hydrogens (primary N) is 1. The molecule has 0 unspecified atom stereocenters. The van der Waals surface area contributed by atoms with Crippen molar-refractivity contribution in [3.8, 4) is 5.75 Å². The van der Waals surface area contributed by atoms with E-state index < -0.39 is 18.0 Å². The molecular formula is C20H24N4O3. The number of anilines is 1. The van der Waals surface area contributed by atoms with E-state index in [4.69, 9.17) is 10.5 Å². The first-order chi connectivity index (χ1) is 13.1. The number of imide groups is 1. The van der Waals surface area contributed by atoms with Gasteiger partial charge in [0.1, 0.15) is 11.8 Å². The van der Waals surface area contributed by atoms with E-state index in [9.17, 15) is 9.59 Å². The summed E-state index contributed by atoms with van der Waals surface area (Å²) in [6.45, 7) is 2.94. The molecule has 3 amide bonds. The van der Waals surface area contributed by atoms with Crippen LogP contribution in [0.25, 0.3) is 0 Å². The summed E-state index contributed by atoms with van der Waals surface area (Å²) in [5.41, 5.74) is 7.11. The Bertz CT molecular complexity index is 772. The van der Waals surface area contributed by atoms with Crippen molar-refractivity contribution < 1.29 is 14.3 Å². The van der Waals surface area contributed by atoms with Crippen LogP contribution in [0.2, 0.25) is 0 Å². The van der Waals surface area contributed by atoms with Gasteiger partial charge in [-0.3, -0.25) is 15.0 Å². The highest BCUT2D eigenvalue weighted by atomic mass is 16.5. The van der Waals surface area contributed by atoms with Gasteiger partial charge in [-0.05, 0) is 29.8 Å². The number of hydrogen-bond acceptors (Lipinski definition) is 5. The summed E-state index contributed by atoms with van der Waals surface area (Å²) in [4.78, 5) is 28.1. The molecule has 1 aliphatic heterocycles. The molecule has 3 N–H and O–H groups in total. The van der Waals surface area contributed by atoms with Crippen LogP contribution in [0, 0.1) is 0 Å². The first kappa shape index (κ1) is 18.7. The molecule has 27 heavy (non-hydrogen) atoms. The van der Waals surface area contributed by atoms with Gasteiger partial charge in [0.05, 0.1) is 7.11 Å². The van der Waals surface area contributed by atoms with Gasteiger partial charge in [-0.25, -0.2) is 4.79 Å². The summed E-state index contributed by atoms with van der Waals surface area (Å²) in [7, 11) is 1.65. The number of piperazine rings is 1. The van der Waals surface area contributed by atoms with Crippen molar-refractivity contribution in [2.45, 2.75) is 6.04 Å².